The van der Waals surface area contributed by atoms with E-state index in [1.165, 1.54) is 17.7 Å². The Kier molecular flexibility index (Phi) is 5.38. The van der Waals surface area contributed by atoms with Gasteiger partial charge in [-0.3, -0.25) is 4.79 Å². The van der Waals surface area contributed by atoms with Gasteiger partial charge in [-0.05, 0) is 25.1 Å². The normalized spacial score (nSPS) is 12.2. The molecule has 0 radical (unpaired) electrons. The molecule has 2 rings (SSSR count). The van der Waals surface area contributed by atoms with Gasteiger partial charge in [0.2, 0.25) is 5.91 Å². The molecule has 0 unspecified atom stereocenters. The van der Waals surface area contributed by atoms with Crippen LogP contribution in [-0.2, 0) is 17.8 Å². The van der Waals surface area contributed by atoms with Gasteiger partial charge in [0.15, 0.2) is 17.5 Å². The topological polar surface area (TPSA) is 80.0 Å². The average Bonchev–Trinajstić information content (AvgIpc) is 2.84. The number of aromatic nitrogens is 3. The van der Waals surface area contributed by atoms with Crippen LogP contribution in [0.2, 0.25) is 0 Å². The Morgan fingerprint density at radius 1 is 1.39 bits per heavy atom. The summed E-state index contributed by atoms with van der Waals surface area (Å²) in [5, 5.41) is 16.1. The maximum atomic E-state index is 13.3. The lowest BCUT2D eigenvalue weighted by Gasteiger charge is -2.12. The van der Waals surface area contributed by atoms with E-state index in [1.807, 2.05) is 6.92 Å². The van der Waals surface area contributed by atoms with Crippen LogP contribution in [0.4, 0.5) is 8.78 Å². The van der Waals surface area contributed by atoms with Crippen molar-refractivity contribution in [1.29, 1.82) is 0 Å². The van der Waals surface area contributed by atoms with Gasteiger partial charge in [0.1, 0.15) is 5.82 Å². The van der Waals surface area contributed by atoms with Crippen LogP contribution >= 0.6 is 0 Å². The first kappa shape index (κ1) is 17.0. The van der Waals surface area contributed by atoms with E-state index < -0.39 is 11.6 Å². The van der Waals surface area contributed by atoms with E-state index in [0.717, 1.165) is 12.1 Å². The highest BCUT2D eigenvalue weighted by atomic mass is 19.2. The Hall–Kier alpha value is -2.35. The number of halogens is 2. The fourth-order valence-corrected chi connectivity index (χ4v) is 2.23. The highest BCUT2D eigenvalue weighted by Crippen LogP contribution is 2.19. The molecule has 0 aliphatic heterocycles. The third-order valence-corrected chi connectivity index (χ3v) is 3.18. The van der Waals surface area contributed by atoms with Crippen molar-refractivity contribution in [2.75, 3.05) is 6.61 Å². The van der Waals surface area contributed by atoms with Crippen LogP contribution in [0.3, 0.4) is 0 Å². The molecule has 1 heterocycles. The predicted octanol–water partition coefficient (Wildman–Crippen LogP) is 1.28. The predicted molar refractivity (Wildman–Crippen MR) is 79.4 cm³/mol. The summed E-state index contributed by atoms with van der Waals surface area (Å²) < 4.78 is 27.9. The van der Waals surface area contributed by atoms with Crippen molar-refractivity contribution in [1.82, 2.24) is 20.1 Å². The average molecular weight is 324 g/mol. The summed E-state index contributed by atoms with van der Waals surface area (Å²) in [6.07, 6.45) is 0.399. The molecule has 0 aliphatic carbocycles. The zero-order valence-corrected chi connectivity index (χ0v) is 12.9. The van der Waals surface area contributed by atoms with E-state index in [0.29, 0.717) is 17.8 Å². The van der Waals surface area contributed by atoms with Gasteiger partial charge in [-0.15, -0.1) is 0 Å². The number of rotatable bonds is 6. The lowest BCUT2D eigenvalue weighted by molar-refractivity contribution is -0.119. The molecule has 0 fully saturated rings. The molecule has 0 spiro atoms. The molecule has 1 aromatic heterocycles. The van der Waals surface area contributed by atoms with E-state index in [2.05, 4.69) is 15.4 Å². The van der Waals surface area contributed by atoms with Crippen LogP contribution in [0.25, 0.3) is 11.4 Å². The number of nitrogens with zero attached hydrogens (tertiary/aromatic N) is 3. The third kappa shape index (κ3) is 4.32. The van der Waals surface area contributed by atoms with E-state index in [4.69, 9.17) is 5.11 Å². The third-order valence-electron chi connectivity index (χ3n) is 3.18. The standard InChI is InChI=1S/C15H18F2N4O2/c1-9(18-10(2)23)7-14-19-15(20-21(14)5-6-22)11-3-4-12(16)13(17)8-11/h3-4,8-9,22H,5-7H2,1-2H3,(H,18,23)/t9-/m0/s1. The van der Waals surface area contributed by atoms with Crippen molar-refractivity contribution < 1.29 is 18.7 Å². The van der Waals surface area contributed by atoms with Crippen molar-refractivity contribution in [3.8, 4) is 11.4 Å². The largest absolute Gasteiger partial charge is 0.394 e. The molecule has 0 saturated carbocycles. The van der Waals surface area contributed by atoms with E-state index >= 15 is 0 Å². The minimum absolute atomic E-state index is 0.137. The van der Waals surface area contributed by atoms with Crippen molar-refractivity contribution in [2.45, 2.75) is 32.9 Å². The van der Waals surface area contributed by atoms with Crippen LogP contribution in [0, 0.1) is 11.6 Å². The smallest absolute Gasteiger partial charge is 0.217 e. The lowest BCUT2D eigenvalue weighted by Crippen LogP contribution is -2.33. The minimum Gasteiger partial charge on any atom is -0.394 e. The number of carbonyl (C=O) groups is 1. The first-order valence-corrected chi connectivity index (χ1v) is 7.17. The molecule has 1 amide bonds. The number of hydrogen-bond acceptors (Lipinski definition) is 4. The van der Waals surface area contributed by atoms with E-state index in [9.17, 15) is 13.6 Å². The minimum atomic E-state index is -0.978. The maximum Gasteiger partial charge on any atom is 0.217 e. The van der Waals surface area contributed by atoms with Crippen molar-refractivity contribution >= 4 is 5.91 Å². The number of carbonyl (C=O) groups excluding carboxylic acids is 1. The van der Waals surface area contributed by atoms with Gasteiger partial charge < -0.3 is 10.4 Å². The van der Waals surface area contributed by atoms with Crippen LogP contribution in [0.15, 0.2) is 18.2 Å². The molecule has 1 aromatic carbocycles. The Morgan fingerprint density at radius 2 is 2.13 bits per heavy atom. The van der Waals surface area contributed by atoms with Crippen molar-refractivity contribution in [3.05, 3.63) is 35.7 Å². The summed E-state index contributed by atoms with van der Waals surface area (Å²) in [4.78, 5) is 15.4. The molecule has 23 heavy (non-hydrogen) atoms. The van der Waals surface area contributed by atoms with Crippen LogP contribution in [0.1, 0.15) is 19.7 Å². The summed E-state index contributed by atoms with van der Waals surface area (Å²) in [7, 11) is 0. The summed E-state index contributed by atoms with van der Waals surface area (Å²) >= 11 is 0. The quantitative estimate of drug-likeness (QED) is 0.839. The van der Waals surface area contributed by atoms with Gasteiger partial charge in [-0.1, -0.05) is 0 Å². The number of hydrogen-bond donors (Lipinski definition) is 2. The number of benzene rings is 1. The molecule has 8 heteroatoms. The summed E-state index contributed by atoms with van der Waals surface area (Å²) in [5.41, 5.74) is 0.342. The van der Waals surface area contributed by atoms with Crippen LogP contribution < -0.4 is 5.32 Å². The Balaban J connectivity index is 2.29. The van der Waals surface area contributed by atoms with Crippen molar-refractivity contribution in [3.63, 3.8) is 0 Å². The van der Waals surface area contributed by atoms with Gasteiger partial charge in [-0.25, -0.2) is 18.4 Å². The Bertz CT molecular complexity index is 703. The molecular formula is C15H18F2N4O2. The molecule has 0 saturated heterocycles. The van der Waals surface area contributed by atoms with Gasteiger partial charge in [-0.2, -0.15) is 5.10 Å². The fourth-order valence-electron chi connectivity index (χ4n) is 2.23. The summed E-state index contributed by atoms with van der Waals surface area (Å²) in [5.74, 6) is -1.30. The number of aliphatic hydroxyl groups is 1. The maximum absolute atomic E-state index is 13.3. The second-order valence-electron chi connectivity index (χ2n) is 5.23. The highest BCUT2D eigenvalue weighted by molar-refractivity contribution is 5.73. The van der Waals surface area contributed by atoms with Crippen molar-refractivity contribution in [2.24, 2.45) is 0 Å². The SMILES string of the molecule is CC(=O)N[C@@H](C)Cc1nc(-c2ccc(F)c(F)c2)nn1CCO. The first-order valence-electron chi connectivity index (χ1n) is 7.17. The van der Waals surface area contributed by atoms with Gasteiger partial charge in [0.25, 0.3) is 0 Å². The zero-order valence-electron chi connectivity index (χ0n) is 12.9. The van der Waals surface area contributed by atoms with Crippen LogP contribution in [-0.4, -0.2) is 38.4 Å². The van der Waals surface area contributed by atoms with Gasteiger partial charge in [0, 0.05) is 24.9 Å². The summed E-state index contributed by atoms with van der Waals surface area (Å²) in [6, 6.07) is 3.25. The number of nitrogens with one attached hydrogen (secondary N) is 1. The Morgan fingerprint density at radius 3 is 2.74 bits per heavy atom. The molecule has 1 atom stereocenters. The molecule has 2 aromatic rings. The molecule has 124 valence electrons. The highest BCUT2D eigenvalue weighted by Gasteiger charge is 2.16. The molecule has 0 aliphatic rings. The van der Waals surface area contributed by atoms with Gasteiger partial charge >= 0.3 is 0 Å². The zero-order chi connectivity index (χ0) is 17.0. The molecule has 2 N–H and O–H groups in total. The lowest BCUT2D eigenvalue weighted by atomic mass is 10.2. The summed E-state index contributed by atoms with van der Waals surface area (Å²) in [6.45, 7) is 3.32. The van der Waals surface area contributed by atoms with Gasteiger partial charge in [0.05, 0.1) is 13.2 Å². The van der Waals surface area contributed by atoms with Crippen LogP contribution in [0.5, 0.6) is 0 Å². The monoisotopic (exact) mass is 324 g/mol. The number of aliphatic hydroxyl groups excluding tert-OH is 1. The molecular weight excluding hydrogens is 306 g/mol. The molecule has 0 bridgehead atoms. The van der Waals surface area contributed by atoms with E-state index in [-0.39, 0.29) is 30.9 Å². The molecule has 6 nitrogen and oxygen atoms in total. The Labute approximate surface area is 132 Å². The fraction of sp³-hybridized carbons (Fsp3) is 0.400. The van der Waals surface area contributed by atoms with E-state index in [1.54, 1.807) is 0 Å². The first-order chi connectivity index (χ1) is 10.9. The number of amides is 1. The second kappa shape index (κ2) is 7.28. The second-order valence-corrected chi connectivity index (χ2v) is 5.23.